The van der Waals surface area contributed by atoms with Crippen LogP contribution in [0.3, 0.4) is 0 Å². The number of ether oxygens (including phenoxy) is 9. The van der Waals surface area contributed by atoms with Gasteiger partial charge in [-0.15, -0.1) is 0 Å². The zero-order valence-electron chi connectivity index (χ0n) is 27.8. The second-order valence-electron chi connectivity index (χ2n) is 13.3. The van der Waals surface area contributed by atoms with Gasteiger partial charge in [0.15, 0.2) is 26.2 Å². The molecule has 2 aliphatic heterocycles. The first-order chi connectivity index (χ1) is 22.0. The van der Waals surface area contributed by atoms with Gasteiger partial charge in [0.1, 0.15) is 22.8 Å². The molecule has 2 fully saturated rings. The molecule has 2 heterocycles. The first kappa shape index (κ1) is 34.1. The molecule has 46 heavy (non-hydrogen) atoms. The van der Waals surface area contributed by atoms with Gasteiger partial charge in [-0.05, 0) is 42.0 Å². The van der Waals surface area contributed by atoms with Gasteiger partial charge >= 0.3 is 0 Å². The second-order valence-corrected chi connectivity index (χ2v) is 13.3. The van der Waals surface area contributed by atoms with Crippen LogP contribution in [0.15, 0.2) is 60.7 Å². The highest BCUT2D eigenvalue weighted by atomic mass is 16.7. The van der Waals surface area contributed by atoms with Crippen LogP contribution in [-0.4, -0.2) is 66.4 Å². The summed E-state index contributed by atoms with van der Waals surface area (Å²) in [5.41, 5.74) is 0.759. The lowest BCUT2D eigenvalue weighted by Crippen LogP contribution is -2.35. The summed E-state index contributed by atoms with van der Waals surface area (Å²) >= 11 is 0. The van der Waals surface area contributed by atoms with Gasteiger partial charge in [0.25, 0.3) is 0 Å². The molecule has 0 saturated carbocycles. The van der Waals surface area contributed by atoms with Crippen molar-refractivity contribution in [3.8, 4) is 17.2 Å². The minimum Gasteiger partial charge on any atom is -0.497 e. The van der Waals surface area contributed by atoms with Crippen LogP contribution >= 0.6 is 0 Å². The summed E-state index contributed by atoms with van der Waals surface area (Å²) in [6.07, 6.45) is -1.27. The number of hydrogen-bond acceptors (Lipinski definition) is 10. The topological polar surface area (TPSA) is 103 Å². The van der Waals surface area contributed by atoms with Gasteiger partial charge in [0.2, 0.25) is 0 Å². The molecule has 0 radical (unpaired) electrons. The zero-order chi connectivity index (χ0) is 33.0. The highest BCUT2D eigenvalue weighted by molar-refractivity contribution is 5.58. The van der Waals surface area contributed by atoms with Crippen molar-refractivity contribution in [2.75, 3.05) is 61.3 Å². The van der Waals surface area contributed by atoms with Crippen molar-refractivity contribution in [2.45, 2.75) is 45.9 Å². The quantitative estimate of drug-likeness (QED) is 0.185. The van der Waals surface area contributed by atoms with Gasteiger partial charge in [0.05, 0.1) is 33.5 Å². The van der Waals surface area contributed by atoms with Crippen molar-refractivity contribution >= 4 is 0 Å². The first-order valence-corrected chi connectivity index (χ1v) is 15.4. The van der Waals surface area contributed by atoms with E-state index in [9.17, 15) is 5.11 Å². The molecule has 2 saturated heterocycles. The lowest BCUT2D eigenvalue weighted by Gasteiger charge is -2.37. The molecule has 0 unspecified atom stereocenters. The predicted molar refractivity (Wildman–Crippen MR) is 170 cm³/mol. The minimum absolute atomic E-state index is 0.0394. The maximum absolute atomic E-state index is 13.3. The van der Waals surface area contributed by atoms with E-state index in [2.05, 4.69) is 27.7 Å². The third kappa shape index (κ3) is 7.50. The van der Waals surface area contributed by atoms with Crippen LogP contribution in [0, 0.1) is 10.8 Å². The lowest BCUT2D eigenvalue weighted by molar-refractivity contribution is -0.226. The van der Waals surface area contributed by atoms with E-state index < -0.39 is 18.2 Å². The monoisotopic (exact) mass is 638 g/mol. The fourth-order valence-corrected chi connectivity index (χ4v) is 5.51. The van der Waals surface area contributed by atoms with E-state index in [-0.39, 0.29) is 24.4 Å². The van der Waals surface area contributed by atoms with Crippen molar-refractivity contribution in [3.63, 3.8) is 0 Å². The predicted octanol–water partition coefficient (Wildman–Crippen LogP) is 6.09. The summed E-state index contributed by atoms with van der Waals surface area (Å²) in [6, 6.07) is 18.2. The molecule has 0 amide bonds. The molecule has 0 spiro atoms. The third-order valence-electron chi connectivity index (χ3n) is 8.01. The Morgan fingerprint density at radius 2 is 1.07 bits per heavy atom. The van der Waals surface area contributed by atoms with Crippen molar-refractivity contribution in [2.24, 2.45) is 10.8 Å². The first-order valence-electron chi connectivity index (χ1n) is 15.4. The Morgan fingerprint density at radius 3 is 1.43 bits per heavy atom. The molecule has 0 aliphatic carbocycles. The molecule has 10 nitrogen and oxygen atoms in total. The van der Waals surface area contributed by atoms with Crippen molar-refractivity contribution in [1.29, 1.82) is 0 Å². The number of aliphatic hydroxyl groups is 1. The van der Waals surface area contributed by atoms with E-state index in [0.717, 1.165) is 11.1 Å². The van der Waals surface area contributed by atoms with E-state index in [1.165, 1.54) is 0 Å². The van der Waals surface area contributed by atoms with Gasteiger partial charge in [0, 0.05) is 47.3 Å². The number of benzene rings is 3. The molecular weight excluding hydrogens is 592 g/mol. The minimum atomic E-state index is -1.84. The molecular formula is C36H46O10. The maximum Gasteiger partial charge on any atom is 0.188 e. The smallest absolute Gasteiger partial charge is 0.188 e. The van der Waals surface area contributed by atoms with Crippen LogP contribution in [0.2, 0.25) is 0 Å². The summed E-state index contributed by atoms with van der Waals surface area (Å²) in [6.45, 7) is 10.4. The van der Waals surface area contributed by atoms with Crippen LogP contribution < -0.4 is 14.2 Å². The van der Waals surface area contributed by atoms with Crippen LogP contribution in [0.4, 0.5) is 0 Å². The van der Waals surface area contributed by atoms with Gasteiger partial charge in [-0.1, -0.05) is 52.0 Å². The Hall–Kier alpha value is -3.22. The second kappa shape index (κ2) is 14.3. The largest absolute Gasteiger partial charge is 0.497 e. The van der Waals surface area contributed by atoms with E-state index in [1.54, 1.807) is 45.6 Å². The zero-order valence-corrected chi connectivity index (χ0v) is 27.8. The van der Waals surface area contributed by atoms with Gasteiger partial charge < -0.3 is 47.7 Å². The highest BCUT2D eigenvalue weighted by Gasteiger charge is 2.42. The lowest BCUT2D eigenvalue weighted by atomic mass is 9.78. The third-order valence-corrected chi connectivity index (χ3v) is 8.01. The average Bonchev–Trinajstić information content (AvgIpc) is 3.06. The van der Waals surface area contributed by atoms with Gasteiger partial charge in [-0.25, -0.2) is 0 Å². The molecule has 3 aromatic rings. The summed E-state index contributed by atoms with van der Waals surface area (Å²) in [4.78, 5) is 0. The molecule has 1 N–H and O–H groups in total. The van der Waals surface area contributed by atoms with Gasteiger partial charge in [-0.3, -0.25) is 0 Å². The maximum atomic E-state index is 13.3. The Bertz CT molecular complexity index is 1350. The molecule has 10 heteroatoms. The summed E-state index contributed by atoms with van der Waals surface area (Å²) in [7, 11) is 4.68. The standard InChI is InChI=1S/C36H46O10/c1-34(2)18-41-32(42-19-34)24-8-14-30(45-22-38-5)28(16-24)36(37,26-10-12-27(40-7)13-11-26)29-17-25(9-15-31(29)46-23-39-6)33-43-20-35(3,4)21-44-33/h8-17,32-33,37H,18-23H2,1-7H3. The van der Waals surface area contributed by atoms with E-state index >= 15 is 0 Å². The van der Waals surface area contributed by atoms with Crippen molar-refractivity contribution in [3.05, 3.63) is 88.5 Å². The van der Waals surface area contributed by atoms with Crippen LogP contribution in [0.25, 0.3) is 0 Å². The normalized spacial score (nSPS) is 18.7. The molecule has 0 aromatic heterocycles. The molecule has 0 bridgehead atoms. The molecule has 250 valence electrons. The van der Waals surface area contributed by atoms with Crippen molar-refractivity contribution in [1.82, 2.24) is 0 Å². The Kier molecular flexibility index (Phi) is 10.6. The summed E-state index contributed by atoms with van der Waals surface area (Å²) in [5, 5.41) is 13.3. The summed E-state index contributed by atoms with van der Waals surface area (Å²) in [5.74, 6) is 1.43. The summed E-state index contributed by atoms with van der Waals surface area (Å²) < 4.78 is 52.7. The molecule has 2 aliphatic rings. The highest BCUT2D eigenvalue weighted by Crippen LogP contribution is 2.48. The average molecular weight is 639 g/mol. The fourth-order valence-electron chi connectivity index (χ4n) is 5.51. The molecule has 3 aromatic carbocycles. The Morgan fingerprint density at radius 1 is 0.652 bits per heavy atom. The Labute approximate surface area is 271 Å². The van der Waals surface area contributed by atoms with E-state index in [0.29, 0.717) is 60.4 Å². The van der Waals surface area contributed by atoms with Crippen LogP contribution in [0.5, 0.6) is 17.2 Å². The molecule has 0 atom stereocenters. The van der Waals surface area contributed by atoms with Crippen molar-refractivity contribution < 1.29 is 47.7 Å². The number of methoxy groups -OCH3 is 3. The van der Waals surface area contributed by atoms with Crippen LogP contribution in [0.1, 0.15) is 68.1 Å². The SMILES string of the molecule is COCOc1ccc(C2OCC(C)(C)CO2)cc1C(O)(c1ccc(OC)cc1)c1cc(C2OCC(C)(C)CO2)ccc1OCOC. The van der Waals surface area contributed by atoms with E-state index in [4.69, 9.17) is 42.6 Å². The fraction of sp³-hybridized carbons (Fsp3) is 0.500. The molecule has 5 rings (SSSR count). The number of hydrogen-bond donors (Lipinski definition) is 1. The van der Waals surface area contributed by atoms with Gasteiger partial charge in [-0.2, -0.15) is 0 Å². The Balaban J connectivity index is 1.71. The number of rotatable bonds is 12. The van der Waals surface area contributed by atoms with E-state index in [1.807, 2.05) is 36.4 Å². The van der Waals surface area contributed by atoms with Crippen LogP contribution in [-0.2, 0) is 34.0 Å².